The molecule has 2 amide bonds. The molecule has 3 saturated heterocycles. The summed E-state index contributed by atoms with van der Waals surface area (Å²) in [6, 6.07) is 35.3. The lowest BCUT2D eigenvalue weighted by Gasteiger charge is -2.37. The highest BCUT2D eigenvalue weighted by Gasteiger charge is 2.46. The van der Waals surface area contributed by atoms with Crippen LogP contribution in [-0.2, 0) is 27.8 Å². The minimum absolute atomic E-state index is 0.139. The monoisotopic (exact) mass is 1020 g/mol. The molecule has 0 spiro atoms. The van der Waals surface area contributed by atoms with Crippen molar-refractivity contribution in [2.24, 2.45) is 0 Å². The number of nitrogens with zero attached hydrogens (tertiary/aromatic N) is 6. The summed E-state index contributed by atoms with van der Waals surface area (Å²) >= 11 is 7.92. The van der Waals surface area contributed by atoms with Crippen LogP contribution >= 0.6 is 23.4 Å². The van der Waals surface area contributed by atoms with Crippen molar-refractivity contribution in [2.75, 3.05) is 75.9 Å². The molecule has 0 aromatic heterocycles. The van der Waals surface area contributed by atoms with Gasteiger partial charge in [0.2, 0.25) is 0 Å². The second kappa shape index (κ2) is 22.4. The number of hydrogen-bond acceptors (Lipinski definition) is 13. The number of nitro benzene ring substituents is 1. The summed E-state index contributed by atoms with van der Waals surface area (Å²) in [6.45, 7) is 12.6. The smallest absolute Gasteiger partial charge is 0.410 e. The van der Waals surface area contributed by atoms with Crippen molar-refractivity contribution in [1.29, 1.82) is 0 Å². The first-order valence-corrected chi connectivity index (χ1v) is 26.9. The fraction of sp³-hybridized carbons (Fsp3) is 0.396. The fourth-order valence-corrected chi connectivity index (χ4v) is 11.6. The number of amides is 2. The lowest BCUT2D eigenvalue weighted by atomic mass is 9.96. The van der Waals surface area contributed by atoms with Gasteiger partial charge < -0.3 is 24.8 Å². The Morgan fingerprint density at radius 1 is 0.887 bits per heavy atom. The number of hydrogen-bond donors (Lipinski definition) is 2. The lowest BCUT2D eigenvalue weighted by Crippen LogP contribution is -2.49. The zero-order chi connectivity index (χ0) is 50.5. The minimum Gasteiger partial charge on any atom is -0.444 e. The first-order chi connectivity index (χ1) is 33.9. The van der Waals surface area contributed by atoms with Crippen molar-refractivity contribution in [3.63, 3.8) is 0 Å². The molecule has 71 heavy (non-hydrogen) atoms. The summed E-state index contributed by atoms with van der Waals surface area (Å²) in [5, 5.41) is 16.3. The molecule has 3 heterocycles. The molecule has 0 aliphatic carbocycles. The normalized spacial score (nSPS) is 17.9. The fourth-order valence-electron chi connectivity index (χ4n) is 9.47. The number of nitrogens with one attached hydrogen (secondary N) is 2. The van der Waals surface area contributed by atoms with Crippen LogP contribution in [0, 0.1) is 10.1 Å². The van der Waals surface area contributed by atoms with Gasteiger partial charge in [0.25, 0.3) is 21.6 Å². The molecular formula is C53H63ClN8O7S2. The number of carbonyl (C=O) groups is 2. The Bertz CT molecular complexity index is 2790. The van der Waals surface area contributed by atoms with Crippen LogP contribution in [0.25, 0.3) is 11.1 Å². The SMILES string of the molecule is CN(C)CC[C@H](CSc1ccccc1)Nc1ccc(S(=O)(=O)NC(=O)c2ccc(N3CCN(Cc4cc(CN5C[C@H]6C[C@@H]5CN6C(=O)OC(C)(C)C)ccc4-c4ccc(Cl)cc4)CC3)cc2)cc1[N+](=O)[O-]. The number of ether oxygens (including phenoxy) is 1. The van der Waals surface area contributed by atoms with Gasteiger partial charge in [0.15, 0.2) is 0 Å². The van der Waals surface area contributed by atoms with Crippen LogP contribution in [0.1, 0.15) is 55.1 Å². The summed E-state index contributed by atoms with van der Waals surface area (Å²) in [5.41, 5.74) is 5.02. The predicted octanol–water partition coefficient (Wildman–Crippen LogP) is 9.07. The van der Waals surface area contributed by atoms with Crippen LogP contribution in [-0.4, -0.2) is 134 Å². The number of fused-ring (bicyclic) bond motifs is 2. The number of piperazine rings is 2. The Hall–Kier alpha value is -5.69. The first-order valence-electron chi connectivity index (χ1n) is 24.0. The molecule has 8 rings (SSSR count). The van der Waals surface area contributed by atoms with Crippen LogP contribution < -0.4 is 14.9 Å². The third kappa shape index (κ3) is 13.4. The zero-order valence-electron chi connectivity index (χ0n) is 40.9. The summed E-state index contributed by atoms with van der Waals surface area (Å²) < 4.78 is 34.8. The van der Waals surface area contributed by atoms with E-state index in [9.17, 15) is 28.1 Å². The van der Waals surface area contributed by atoms with Crippen LogP contribution in [0.2, 0.25) is 5.02 Å². The minimum atomic E-state index is -4.47. The molecule has 0 radical (unpaired) electrons. The molecule has 5 aromatic carbocycles. The number of thioether (sulfide) groups is 1. The number of carbonyl (C=O) groups excluding carboxylic acids is 2. The molecule has 376 valence electrons. The second-order valence-corrected chi connectivity index (χ2v) is 23.1. The van der Waals surface area contributed by atoms with Crippen molar-refractivity contribution in [1.82, 2.24) is 24.3 Å². The van der Waals surface area contributed by atoms with E-state index in [0.717, 1.165) is 86.6 Å². The molecule has 3 fully saturated rings. The van der Waals surface area contributed by atoms with Gasteiger partial charge in [-0.1, -0.05) is 60.1 Å². The summed E-state index contributed by atoms with van der Waals surface area (Å²) in [6.07, 6.45) is 1.42. The van der Waals surface area contributed by atoms with Gasteiger partial charge in [-0.25, -0.2) is 17.9 Å². The van der Waals surface area contributed by atoms with Gasteiger partial charge in [-0.2, -0.15) is 0 Å². The number of nitro groups is 1. The summed E-state index contributed by atoms with van der Waals surface area (Å²) in [7, 11) is -0.551. The number of rotatable bonds is 18. The Morgan fingerprint density at radius 3 is 2.25 bits per heavy atom. The molecule has 0 unspecified atom stereocenters. The zero-order valence-corrected chi connectivity index (χ0v) is 43.3. The molecule has 18 heteroatoms. The average Bonchev–Trinajstić information content (AvgIpc) is 3.94. The quantitative estimate of drug-likeness (QED) is 0.0487. The summed E-state index contributed by atoms with van der Waals surface area (Å²) in [5.74, 6) is -0.212. The summed E-state index contributed by atoms with van der Waals surface area (Å²) in [4.78, 5) is 49.7. The third-order valence-corrected chi connectivity index (χ3v) is 15.9. The number of anilines is 2. The number of sulfonamides is 1. The first kappa shape index (κ1) is 51.7. The lowest BCUT2D eigenvalue weighted by molar-refractivity contribution is -0.384. The molecule has 0 saturated carbocycles. The van der Waals surface area contributed by atoms with Crippen molar-refractivity contribution in [3.8, 4) is 11.1 Å². The maximum atomic E-state index is 13.5. The highest BCUT2D eigenvalue weighted by Crippen LogP contribution is 2.35. The molecule has 3 aliphatic rings. The largest absolute Gasteiger partial charge is 0.444 e. The van der Waals surface area contributed by atoms with Crippen molar-refractivity contribution in [3.05, 3.63) is 147 Å². The second-order valence-electron chi connectivity index (χ2n) is 19.8. The molecule has 3 aliphatic heterocycles. The van der Waals surface area contributed by atoms with Gasteiger partial charge in [-0.15, -0.1) is 11.8 Å². The molecule has 2 N–H and O–H groups in total. The highest BCUT2D eigenvalue weighted by atomic mass is 35.5. The molecule has 3 atom stereocenters. The van der Waals surface area contributed by atoms with Gasteiger partial charge in [-0.3, -0.25) is 24.7 Å². The van der Waals surface area contributed by atoms with Crippen LogP contribution in [0.4, 0.5) is 21.9 Å². The van der Waals surface area contributed by atoms with Crippen molar-refractivity contribution >= 4 is 62.4 Å². The van der Waals surface area contributed by atoms with E-state index < -0.39 is 32.1 Å². The van der Waals surface area contributed by atoms with Crippen LogP contribution in [0.5, 0.6) is 0 Å². The van der Waals surface area contributed by atoms with E-state index in [1.165, 1.54) is 23.3 Å². The number of halogens is 1. The number of benzene rings is 5. The van der Waals surface area contributed by atoms with E-state index in [1.807, 2.05) is 99.3 Å². The molecular weight excluding hydrogens is 960 g/mol. The standard InChI is InChI=1S/C53H63ClN8O7S2/c1-53(2,3)69-52(64)61-35-44-30-45(61)34-60(44)32-37-11-21-48(38-12-16-41(54)17-13-38)40(29-37)33-58-25-27-59(28-26-58)43-18-14-39(15-19-43)51(63)56-71(67,68)47-20-22-49(50(31-47)62(65)66)55-42(23-24-57(4)5)36-70-46-9-7-6-8-10-46/h6-22,29,31,42,44-45,55H,23-28,30,32-36H2,1-5H3,(H,56,63)/t42-,44-,45-/m1/s1. The van der Waals surface area contributed by atoms with Crippen LogP contribution in [0.3, 0.4) is 0 Å². The van der Waals surface area contributed by atoms with E-state index in [0.29, 0.717) is 29.8 Å². The Balaban J connectivity index is 0.875. The molecule has 15 nitrogen and oxygen atoms in total. The Kier molecular flexibility index (Phi) is 16.3. The molecule has 2 bridgehead atoms. The average molecular weight is 1020 g/mol. The van der Waals surface area contributed by atoms with Gasteiger partial charge in [-0.05, 0) is 137 Å². The van der Waals surface area contributed by atoms with Gasteiger partial charge in [0.1, 0.15) is 11.3 Å². The van der Waals surface area contributed by atoms with Gasteiger partial charge in [0.05, 0.1) is 9.82 Å². The van der Waals surface area contributed by atoms with Crippen LogP contribution in [0.15, 0.2) is 125 Å². The molecule has 5 aromatic rings. The topological polar surface area (TPSA) is 161 Å². The Labute approximate surface area is 426 Å². The van der Waals surface area contributed by atoms with E-state index in [1.54, 1.807) is 23.9 Å². The third-order valence-electron chi connectivity index (χ3n) is 13.1. The maximum absolute atomic E-state index is 13.5. The highest BCUT2D eigenvalue weighted by molar-refractivity contribution is 7.99. The van der Waals surface area contributed by atoms with Gasteiger partial charge >= 0.3 is 6.09 Å². The number of likely N-dealkylation sites (tertiary alicyclic amines) is 2. The van der Waals surface area contributed by atoms with E-state index in [4.69, 9.17) is 16.3 Å². The van der Waals surface area contributed by atoms with E-state index in [-0.39, 0.29) is 34.3 Å². The van der Waals surface area contributed by atoms with E-state index in [2.05, 4.69) is 55.1 Å². The van der Waals surface area contributed by atoms with Crippen molar-refractivity contribution < 1.29 is 27.7 Å². The van der Waals surface area contributed by atoms with E-state index >= 15 is 0 Å². The maximum Gasteiger partial charge on any atom is 0.410 e. The Morgan fingerprint density at radius 2 is 1.61 bits per heavy atom. The van der Waals surface area contributed by atoms with Crippen molar-refractivity contribution in [2.45, 2.75) is 80.2 Å². The predicted molar refractivity (Wildman–Crippen MR) is 282 cm³/mol. The van der Waals surface area contributed by atoms with Gasteiger partial charge in [0, 0.05) is 103 Å².